The van der Waals surface area contributed by atoms with Gasteiger partial charge in [-0.1, -0.05) is 25.5 Å². The van der Waals surface area contributed by atoms with Crippen LogP contribution in [-0.2, 0) is 14.6 Å². The predicted molar refractivity (Wildman–Crippen MR) is 69.5 cm³/mol. The Kier molecular flexibility index (Phi) is 4.90. The molecule has 5 heteroatoms. The van der Waals surface area contributed by atoms with Gasteiger partial charge in [0.2, 0.25) is 0 Å². The lowest BCUT2D eigenvalue weighted by molar-refractivity contribution is -0.137. The number of hydrogen-bond donors (Lipinski definition) is 1. The van der Waals surface area contributed by atoms with Crippen molar-refractivity contribution in [3.05, 3.63) is 29.8 Å². The first-order valence-electron chi connectivity index (χ1n) is 5.86. The maximum atomic E-state index is 11.3. The summed E-state index contributed by atoms with van der Waals surface area (Å²) in [6, 6.07) is 6.49. The first kappa shape index (κ1) is 14.7. The second kappa shape index (κ2) is 6.00. The van der Waals surface area contributed by atoms with Crippen LogP contribution in [-0.4, -0.2) is 25.7 Å². The van der Waals surface area contributed by atoms with Gasteiger partial charge >= 0.3 is 5.97 Å². The lowest BCUT2D eigenvalue weighted by Crippen LogP contribution is -2.06. The van der Waals surface area contributed by atoms with E-state index in [0.717, 1.165) is 24.7 Å². The van der Waals surface area contributed by atoms with Crippen LogP contribution in [0.5, 0.6) is 0 Å². The van der Waals surface area contributed by atoms with Gasteiger partial charge in [0.25, 0.3) is 0 Å². The average molecular weight is 270 g/mol. The summed E-state index contributed by atoms with van der Waals surface area (Å²) in [5.41, 5.74) is 0.881. The Bertz CT molecular complexity index is 502. The Morgan fingerprint density at radius 1 is 1.28 bits per heavy atom. The molecule has 100 valence electrons. The molecular formula is C13H18O4S. The first-order chi connectivity index (χ1) is 8.34. The number of rotatable bonds is 6. The number of sulfone groups is 1. The zero-order valence-corrected chi connectivity index (χ0v) is 11.4. The van der Waals surface area contributed by atoms with Gasteiger partial charge in [-0.15, -0.1) is 0 Å². The molecule has 1 aromatic rings. The monoisotopic (exact) mass is 270 g/mol. The zero-order valence-electron chi connectivity index (χ0n) is 10.6. The second-order valence-electron chi connectivity index (χ2n) is 4.42. The third kappa shape index (κ3) is 4.14. The molecule has 1 N–H and O–H groups in total. The molecule has 0 bridgehead atoms. The number of benzene rings is 1. The van der Waals surface area contributed by atoms with Gasteiger partial charge in [0.05, 0.1) is 11.3 Å². The van der Waals surface area contributed by atoms with Crippen molar-refractivity contribution < 1.29 is 18.3 Å². The van der Waals surface area contributed by atoms with E-state index < -0.39 is 15.8 Å². The molecule has 18 heavy (non-hydrogen) atoms. The number of aliphatic carboxylic acids is 1. The number of carboxylic acids is 1. The van der Waals surface area contributed by atoms with Gasteiger partial charge in [0, 0.05) is 6.26 Å². The summed E-state index contributed by atoms with van der Waals surface area (Å²) >= 11 is 0. The quantitative estimate of drug-likeness (QED) is 0.861. The second-order valence-corrected chi connectivity index (χ2v) is 6.44. The fraction of sp³-hybridized carbons (Fsp3) is 0.462. The molecule has 1 aromatic carbocycles. The molecule has 0 amide bonds. The minimum atomic E-state index is -3.20. The van der Waals surface area contributed by atoms with Crippen LogP contribution in [0.1, 0.15) is 37.7 Å². The van der Waals surface area contributed by atoms with Gasteiger partial charge in [-0.2, -0.15) is 0 Å². The SMILES string of the molecule is CCCC(CC(=O)O)c1ccc(S(C)(=O)=O)cc1. The van der Waals surface area contributed by atoms with E-state index in [1.807, 2.05) is 6.92 Å². The lowest BCUT2D eigenvalue weighted by Gasteiger charge is -2.14. The Balaban J connectivity index is 2.96. The molecule has 1 rings (SSSR count). The normalized spacial score (nSPS) is 13.2. The zero-order chi connectivity index (χ0) is 13.8. The number of carboxylic acid groups (broad SMARTS) is 1. The smallest absolute Gasteiger partial charge is 0.303 e. The first-order valence-corrected chi connectivity index (χ1v) is 7.75. The van der Waals surface area contributed by atoms with Crippen molar-refractivity contribution in [2.45, 2.75) is 37.0 Å². The van der Waals surface area contributed by atoms with Crippen LogP contribution >= 0.6 is 0 Å². The topological polar surface area (TPSA) is 71.4 Å². The standard InChI is InChI=1S/C13H18O4S/c1-3-4-11(9-13(14)15)10-5-7-12(8-6-10)18(2,16)17/h5-8,11H,3-4,9H2,1-2H3,(H,14,15). The summed E-state index contributed by atoms with van der Waals surface area (Å²) in [5, 5.41) is 8.86. The van der Waals surface area contributed by atoms with E-state index in [9.17, 15) is 13.2 Å². The van der Waals surface area contributed by atoms with E-state index in [1.54, 1.807) is 12.1 Å². The van der Waals surface area contributed by atoms with Crippen molar-refractivity contribution in [1.29, 1.82) is 0 Å². The van der Waals surface area contributed by atoms with E-state index in [2.05, 4.69) is 0 Å². The van der Waals surface area contributed by atoms with Crippen molar-refractivity contribution in [2.24, 2.45) is 0 Å². The summed E-state index contributed by atoms with van der Waals surface area (Å²) < 4.78 is 22.6. The minimum absolute atomic E-state index is 0.0545. The highest BCUT2D eigenvalue weighted by atomic mass is 32.2. The molecule has 1 atom stereocenters. The van der Waals surface area contributed by atoms with E-state index in [0.29, 0.717) is 0 Å². The Hall–Kier alpha value is -1.36. The molecule has 4 nitrogen and oxygen atoms in total. The molecular weight excluding hydrogens is 252 g/mol. The molecule has 0 fully saturated rings. The molecule has 0 aliphatic heterocycles. The molecule has 0 saturated heterocycles. The van der Waals surface area contributed by atoms with E-state index in [1.165, 1.54) is 12.1 Å². The van der Waals surface area contributed by atoms with Gasteiger partial charge < -0.3 is 5.11 Å². The molecule has 0 saturated carbocycles. The maximum absolute atomic E-state index is 11.3. The molecule has 0 aromatic heterocycles. The summed E-state index contributed by atoms with van der Waals surface area (Å²) in [7, 11) is -3.20. The molecule has 0 aliphatic carbocycles. The Morgan fingerprint density at radius 3 is 2.22 bits per heavy atom. The fourth-order valence-electron chi connectivity index (χ4n) is 1.93. The maximum Gasteiger partial charge on any atom is 0.303 e. The fourth-order valence-corrected chi connectivity index (χ4v) is 2.56. The third-order valence-corrected chi connectivity index (χ3v) is 3.97. The Morgan fingerprint density at radius 2 is 1.83 bits per heavy atom. The average Bonchev–Trinajstić information content (AvgIpc) is 2.27. The molecule has 1 unspecified atom stereocenters. The number of carbonyl (C=O) groups is 1. The highest BCUT2D eigenvalue weighted by Crippen LogP contribution is 2.26. The van der Waals surface area contributed by atoms with Crippen molar-refractivity contribution in [3.63, 3.8) is 0 Å². The molecule has 0 radical (unpaired) electrons. The van der Waals surface area contributed by atoms with Crippen LogP contribution in [0, 0.1) is 0 Å². The largest absolute Gasteiger partial charge is 0.481 e. The minimum Gasteiger partial charge on any atom is -0.481 e. The number of hydrogen-bond acceptors (Lipinski definition) is 3. The third-order valence-electron chi connectivity index (χ3n) is 2.84. The van der Waals surface area contributed by atoms with Crippen molar-refractivity contribution in [2.75, 3.05) is 6.26 Å². The Labute approximate surface area is 108 Å². The van der Waals surface area contributed by atoms with Gasteiger partial charge in [0.1, 0.15) is 0 Å². The molecule has 0 heterocycles. The molecule has 0 spiro atoms. The van der Waals surface area contributed by atoms with E-state index >= 15 is 0 Å². The summed E-state index contributed by atoms with van der Waals surface area (Å²) in [6.07, 6.45) is 2.91. The van der Waals surface area contributed by atoms with Gasteiger partial charge in [-0.3, -0.25) is 4.79 Å². The molecule has 0 aliphatic rings. The van der Waals surface area contributed by atoms with Gasteiger partial charge in [-0.25, -0.2) is 8.42 Å². The van der Waals surface area contributed by atoms with Crippen LogP contribution < -0.4 is 0 Å². The van der Waals surface area contributed by atoms with Crippen LogP contribution in [0.4, 0.5) is 0 Å². The van der Waals surface area contributed by atoms with Crippen LogP contribution in [0.15, 0.2) is 29.2 Å². The van der Waals surface area contributed by atoms with Crippen LogP contribution in [0.25, 0.3) is 0 Å². The van der Waals surface area contributed by atoms with Gasteiger partial charge in [-0.05, 0) is 30.0 Å². The van der Waals surface area contributed by atoms with Gasteiger partial charge in [0.15, 0.2) is 9.84 Å². The van der Waals surface area contributed by atoms with Crippen molar-refractivity contribution >= 4 is 15.8 Å². The van der Waals surface area contributed by atoms with Crippen molar-refractivity contribution in [3.8, 4) is 0 Å². The van der Waals surface area contributed by atoms with E-state index in [4.69, 9.17) is 5.11 Å². The highest BCUT2D eigenvalue weighted by Gasteiger charge is 2.15. The summed E-state index contributed by atoms with van der Waals surface area (Å²) in [5.74, 6) is -0.887. The van der Waals surface area contributed by atoms with Crippen molar-refractivity contribution in [1.82, 2.24) is 0 Å². The van der Waals surface area contributed by atoms with E-state index in [-0.39, 0.29) is 17.2 Å². The lowest BCUT2D eigenvalue weighted by atomic mass is 9.91. The van der Waals surface area contributed by atoms with Crippen LogP contribution in [0.3, 0.4) is 0 Å². The van der Waals surface area contributed by atoms with Crippen LogP contribution in [0.2, 0.25) is 0 Å². The predicted octanol–water partition coefficient (Wildman–Crippen LogP) is 2.45. The highest BCUT2D eigenvalue weighted by molar-refractivity contribution is 7.90. The summed E-state index contributed by atoms with van der Waals surface area (Å²) in [4.78, 5) is 11.0. The summed E-state index contributed by atoms with van der Waals surface area (Å²) in [6.45, 7) is 2.00.